The highest BCUT2D eigenvalue weighted by molar-refractivity contribution is 7.89. The van der Waals surface area contributed by atoms with Crippen LogP contribution in [-0.2, 0) is 10.0 Å². The highest BCUT2D eigenvalue weighted by Gasteiger charge is 2.30. The minimum atomic E-state index is -4.50. The van der Waals surface area contributed by atoms with E-state index in [4.69, 9.17) is 0 Å². The number of rotatable bonds is 5. The van der Waals surface area contributed by atoms with E-state index in [0.29, 0.717) is 13.1 Å². The average molecular weight is 379 g/mol. The molecule has 1 fully saturated rings. The van der Waals surface area contributed by atoms with Crippen LogP contribution in [0.25, 0.3) is 0 Å². The molecule has 0 radical (unpaired) electrons. The van der Waals surface area contributed by atoms with Crippen LogP contribution < -0.4 is 10.6 Å². The lowest BCUT2D eigenvalue weighted by Crippen LogP contribution is -2.46. The normalized spacial score (nSPS) is 19.6. The highest BCUT2D eigenvalue weighted by atomic mass is 32.2. The van der Waals surface area contributed by atoms with Gasteiger partial charge >= 0.3 is 6.18 Å². The second kappa shape index (κ2) is 7.71. The number of likely N-dealkylation sites (N-methyl/N-ethyl adjacent to an activating group) is 1. The summed E-state index contributed by atoms with van der Waals surface area (Å²) in [5.74, 6) is -0.908. The Bertz CT molecular complexity index is 705. The summed E-state index contributed by atoms with van der Waals surface area (Å²) in [4.78, 5) is 11.7. The molecular formula is C15H20F3N3O3S. The zero-order valence-corrected chi connectivity index (χ0v) is 14.5. The van der Waals surface area contributed by atoms with E-state index in [9.17, 15) is 26.4 Å². The van der Waals surface area contributed by atoms with Crippen LogP contribution in [-0.4, -0.2) is 57.5 Å². The van der Waals surface area contributed by atoms with Gasteiger partial charge in [-0.2, -0.15) is 17.5 Å². The van der Waals surface area contributed by atoms with Crippen molar-refractivity contribution in [3.8, 4) is 0 Å². The van der Waals surface area contributed by atoms with Crippen molar-refractivity contribution in [2.24, 2.45) is 0 Å². The number of nitrogens with one attached hydrogen (secondary N) is 2. The van der Waals surface area contributed by atoms with E-state index < -0.39 is 28.7 Å². The molecule has 1 saturated heterocycles. The molecule has 0 aromatic heterocycles. The predicted octanol–water partition coefficient (Wildman–Crippen LogP) is 1.35. The third kappa shape index (κ3) is 5.16. The van der Waals surface area contributed by atoms with Crippen LogP contribution in [0.4, 0.5) is 13.2 Å². The summed E-state index contributed by atoms with van der Waals surface area (Å²) < 4.78 is 63.0. The standard InChI is InChI=1S/C15H20F3N3O3S/c1-19-12-3-2-8-21(9-12)25(23,24)13-6-4-11(5-7-13)14(22)20-10-15(16,17)18/h4-7,12,19H,2-3,8-10H2,1H3,(H,20,22). The number of amides is 1. The number of alkyl halides is 3. The Balaban J connectivity index is 2.09. The van der Waals surface area contributed by atoms with Gasteiger partial charge in [0.2, 0.25) is 10.0 Å². The van der Waals surface area contributed by atoms with Crippen molar-refractivity contribution in [1.82, 2.24) is 14.9 Å². The number of benzene rings is 1. The van der Waals surface area contributed by atoms with E-state index in [1.807, 2.05) is 0 Å². The van der Waals surface area contributed by atoms with E-state index in [1.54, 1.807) is 12.4 Å². The molecule has 1 unspecified atom stereocenters. The van der Waals surface area contributed by atoms with Crippen LogP contribution in [0.1, 0.15) is 23.2 Å². The van der Waals surface area contributed by atoms with Gasteiger partial charge in [-0.25, -0.2) is 8.42 Å². The zero-order chi connectivity index (χ0) is 18.7. The van der Waals surface area contributed by atoms with Gasteiger partial charge in [0.05, 0.1) is 4.90 Å². The molecule has 1 heterocycles. The number of piperidine rings is 1. The van der Waals surface area contributed by atoms with Gasteiger partial charge in [0.15, 0.2) is 0 Å². The van der Waals surface area contributed by atoms with Crippen molar-refractivity contribution in [3.63, 3.8) is 0 Å². The summed E-state index contributed by atoms with van der Waals surface area (Å²) in [5, 5.41) is 4.80. The van der Waals surface area contributed by atoms with Gasteiger partial charge in [-0.3, -0.25) is 4.79 Å². The lowest BCUT2D eigenvalue weighted by atomic mass is 10.1. The summed E-state index contributed by atoms with van der Waals surface area (Å²) in [6.45, 7) is -0.675. The third-order valence-corrected chi connectivity index (χ3v) is 5.88. The van der Waals surface area contributed by atoms with Crippen molar-refractivity contribution < 1.29 is 26.4 Å². The largest absolute Gasteiger partial charge is 0.405 e. The highest BCUT2D eigenvalue weighted by Crippen LogP contribution is 2.21. The maximum atomic E-state index is 12.6. The SMILES string of the molecule is CNC1CCCN(S(=O)(=O)c2ccc(C(=O)NCC(F)(F)F)cc2)C1. The average Bonchev–Trinajstić information content (AvgIpc) is 2.59. The van der Waals surface area contributed by atoms with Gasteiger partial charge in [0.1, 0.15) is 6.54 Å². The third-order valence-electron chi connectivity index (χ3n) is 4.00. The van der Waals surface area contributed by atoms with Crippen LogP contribution >= 0.6 is 0 Å². The van der Waals surface area contributed by atoms with E-state index in [0.717, 1.165) is 12.8 Å². The predicted molar refractivity (Wildman–Crippen MR) is 85.7 cm³/mol. The lowest BCUT2D eigenvalue weighted by Gasteiger charge is -2.31. The summed E-state index contributed by atoms with van der Waals surface area (Å²) >= 11 is 0. The summed E-state index contributed by atoms with van der Waals surface area (Å²) in [6.07, 6.45) is -2.87. The summed E-state index contributed by atoms with van der Waals surface area (Å²) in [7, 11) is -1.93. The number of halogens is 3. The second-order valence-electron chi connectivity index (χ2n) is 5.81. The van der Waals surface area contributed by atoms with Crippen LogP contribution in [0.15, 0.2) is 29.2 Å². The molecule has 0 bridgehead atoms. The maximum Gasteiger partial charge on any atom is 0.405 e. The van der Waals surface area contributed by atoms with E-state index in [-0.39, 0.29) is 16.5 Å². The first kappa shape index (κ1) is 19.7. The van der Waals surface area contributed by atoms with Gasteiger partial charge < -0.3 is 10.6 Å². The molecule has 2 N–H and O–H groups in total. The molecule has 2 rings (SSSR count). The van der Waals surface area contributed by atoms with Crippen molar-refractivity contribution in [3.05, 3.63) is 29.8 Å². The number of hydrogen-bond donors (Lipinski definition) is 2. The smallest absolute Gasteiger partial charge is 0.343 e. The summed E-state index contributed by atoms with van der Waals surface area (Å²) in [5.41, 5.74) is -0.0325. The fraction of sp³-hybridized carbons (Fsp3) is 0.533. The van der Waals surface area contributed by atoms with Crippen molar-refractivity contribution in [1.29, 1.82) is 0 Å². The fourth-order valence-electron chi connectivity index (χ4n) is 2.61. The maximum absolute atomic E-state index is 12.6. The molecule has 0 aliphatic carbocycles. The van der Waals surface area contributed by atoms with E-state index in [2.05, 4.69) is 5.32 Å². The molecule has 1 amide bonds. The van der Waals surface area contributed by atoms with Crippen molar-refractivity contribution >= 4 is 15.9 Å². The number of carbonyl (C=O) groups is 1. The first-order valence-electron chi connectivity index (χ1n) is 7.76. The molecule has 1 aromatic rings. The number of nitrogens with zero attached hydrogens (tertiary/aromatic N) is 1. The topological polar surface area (TPSA) is 78.5 Å². The van der Waals surface area contributed by atoms with Crippen LogP contribution in [0, 0.1) is 0 Å². The quantitative estimate of drug-likeness (QED) is 0.810. The molecular weight excluding hydrogens is 359 g/mol. The molecule has 1 aliphatic heterocycles. The Hall–Kier alpha value is -1.65. The van der Waals surface area contributed by atoms with Crippen molar-refractivity contribution in [2.75, 3.05) is 26.7 Å². The van der Waals surface area contributed by atoms with Crippen LogP contribution in [0.3, 0.4) is 0 Å². The minimum Gasteiger partial charge on any atom is -0.343 e. The van der Waals surface area contributed by atoms with Crippen LogP contribution in [0.2, 0.25) is 0 Å². The number of hydrogen-bond acceptors (Lipinski definition) is 4. The lowest BCUT2D eigenvalue weighted by molar-refractivity contribution is -0.123. The molecule has 0 spiro atoms. The molecule has 0 saturated carbocycles. The van der Waals surface area contributed by atoms with Gasteiger partial charge in [0, 0.05) is 24.7 Å². The Kier molecular flexibility index (Phi) is 6.07. The van der Waals surface area contributed by atoms with Crippen molar-refractivity contribution in [2.45, 2.75) is 30.0 Å². The first-order valence-corrected chi connectivity index (χ1v) is 9.20. The molecule has 140 valence electrons. The minimum absolute atomic E-state index is 0.0108. The molecule has 1 aromatic carbocycles. The van der Waals surface area contributed by atoms with E-state index >= 15 is 0 Å². The van der Waals surface area contributed by atoms with E-state index in [1.165, 1.54) is 28.6 Å². The Morgan fingerprint density at radius 2 is 1.92 bits per heavy atom. The number of carbonyl (C=O) groups excluding carboxylic acids is 1. The monoisotopic (exact) mass is 379 g/mol. The van der Waals surface area contributed by atoms with Crippen LogP contribution in [0.5, 0.6) is 0 Å². The van der Waals surface area contributed by atoms with Gasteiger partial charge in [0.25, 0.3) is 5.91 Å². The Morgan fingerprint density at radius 1 is 1.28 bits per heavy atom. The first-order chi connectivity index (χ1) is 11.6. The van der Waals surface area contributed by atoms with Gasteiger partial charge in [-0.15, -0.1) is 0 Å². The van der Waals surface area contributed by atoms with Gasteiger partial charge in [-0.05, 0) is 44.2 Å². The molecule has 10 heteroatoms. The summed E-state index contributed by atoms with van der Waals surface area (Å²) in [6, 6.07) is 4.97. The second-order valence-corrected chi connectivity index (χ2v) is 7.75. The molecule has 6 nitrogen and oxygen atoms in total. The Labute approximate surface area is 144 Å². The number of sulfonamides is 1. The molecule has 1 atom stereocenters. The fourth-order valence-corrected chi connectivity index (χ4v) is 4.13. The zero-order valence-electron chi connectivity index (χ0n) is 13.6. The van der Waals surface area contributed by atoms with Gasteiger partial charge in [-0.1, -0.05) is 0 Å². The molecule has 1 aliphatic rings. The molecule has 25 heavy (non-hydrogen) atoms. The Morgan fingerprint density at radius 3 is 2.48 bits per heavy atom.